The number of rotatable bonds is 4. The molecule has 226 valence electrons. The number of aromatic nitrogens is 3. The summed E-state index contributed by atoms with van der Waals surface area (Å²) in [6.07, 6.45) is 0. The highest BCUT2D eigenvalue weighted by atomic mass is 32.1. The Bertz CT molecular complexity index is 2870. The van der Waals surface area contributed by atoms with Crippen LogP contribution in [0.2, 0.25) is 0 Å². The van der Waals surface area contributed by atoms with Gasteiger partial charge in [-0.1, -0.05) is 91.0 Å². The third-order valence-electron chi connectivity index (χ3n) is 9.66. The van der Waals surface area contributed by atoms with Crippen LogP contribution in [0.25, 0.3) is 86.6 Å². The van der Waals surface area contributed by atoms with Crippen LogP contribution in [0.4, 0.5) is 0 Å². The van der Waals surface area contributed by atoms with E-state index in [-0.39, 0.29) is 0 Å². The Kier molecular flexibility index (Phi) is 5.96. The minimum absolute atomic E-state index is 0.984. The Morgan fingerprint density at radius 3 is 1.85 bits per heavy atom. The summed E-state index contributed by atoms with van der Waals surface area (Å²) in [6.45, 7) is 2.07. The van der Waals surface area contributed by atoms with E-state index in [1.54, 1.807) is 0 Å². The maximum Gasteiger partial charge on any atom is 0.111 e. The maximum atomic E-state index is 4.81. The van der Waals surface area contributed by atoms with Gasteiger partial charge in [-0.05, 0) is 95.9 Å². The summed E-state index contributed by atoms with van der Waals surface area (Å²) in [5, 5.41) is 5.15. The Hall–Kier alpha value is -5.97. The van der Waals surface area contributed by atoms with Gasteiger partial charge in [0, 0.05) is 42.3 Å². The van der Waals surface area contributed by atoms with Gasteiger partial charge in [0.15, 0.2) is 0 Å². The van der Waals surface area contributed by atoms with Crippen LogP contribution < -0.4 is 0 Å². The number of imidazole rings is 1. The molecule has 0 saturated heterocycles. The minimum Gasteiger partial charge on any atom is -0.309 e. The van der Waals surface area contributed by atoms with Crippen molar-refractivity contribution in [2.24, 2.45) is 0 Å². The summed E-state index contributed by atoms with van der Waals surface area (Å²) in [6, 6.07) is 57.3. The topological polar surface area (TPSA) is 22.8 Å². The van der Waals surface area contributed by atoms with Crippen LogP contribution in [-0.2, 0) is 0 Å². The van der Waals surface area contributed by atoms with Crippen LogP contribution in [0.5, 0.6) is 0 Å². The van der Waals surface area contributed by atoms with Gasteiger partial charge in [-0.25, -0.2) is 4.98 Å². The van der Waals surface area contributed by atoms with Crippen molar-refractivity contribution in [3.05, 3.63) is 164 Å². The van der Waals surface area contributed by atoms with E-state index in [2.05, 4.69) is 168 Å². The second-order valence-corrected chi connectivity index (χ2v) is 13.6. The van der Waals surface area contributed by atoms with E-state index in [4.69, 9.17) is 4.98 Å². The number of hydrogen-bond donors (Lipinski definition) is 0. The average Bonchev–Trinajstić information content (AvgIpc) is 3.79. The summed E-state index contributed by atoms with van der Waals surface area (Å²) in [4.78, 5) is 4.81. The summed E-state index contributed by atoms with van der Waals surface area (Å²) in [7, 11) is 0. The predicted molar refractivity (Wildman–Crippen MR) is 204 cm³/mol. The van der Waals surface area contributed by atoms with Crippen LogP contribution in [0, 0.1) is 6.92 Å². The lowest BCUT2D eigenvalue weighted by Gasteiger charge is -2.12. The van der Waals surface area contributed by atoms with Crippen LogP contribution in [0.3, 0.4) is 0 Å². The fourth-order valence-electron chi connectivity index (χ4n) is 7.46. The molecule has 0 spiro atoms. The molecule has 0 radical (unpaired) electrons. The van der Waals surface area contributed by atoms with Gasteiger partial charge < -0.3 is 4.57 Å². The zero-order chi connectivity index (χ0) is 31.8. The van der Waals surface area contributed by atoms with Gasteiger partial charge in [0.05, 0.1) is 22.1 Å². The Morgan fingerprint density at radius 1 is 0.417 bits per heavy atom. The van der Waals surface area contributed by atoms with E-state index in [0.29, 0.717) is 0 Å². The summed E-state index contributed by atoms with van der Waals surface area (Å²) >= 11 is 1.87. The number of fused-ring (bicyclic) bond motifs is 7. The van der Waals surface area contributed by atoms with Crippen molar-refractivity contribution >= 4 is 64.3 Å². The molecule has 48 heavy (non-hydrogen) atoms. The molecule has 0 unspecified atom stereocenters. The van der Waals surface area contributed by atoms with Crippen LogP contribution >= 0.6 is 11.3 Å². The van der Waals surface area contributed by atoms with Gasteiger partial charge in [-0.3, -0.25) is 4.57 Å². The maximum absolute atomic E-state index is 4.81. The summed E-state index contributed by atoms with van der Waals surface area (Å²) < 4.78 is 7.31. The normalized spacial score (nSPS) is 11.9. The zero-order valence-corrected chi connectivity index (χ0v) is 27.1. The monoisotopic (exact) mass is 631 g/mol. The lowest BCUT2D eigenvalue weighted by Crippen LogP contribution is -1.97. The first-order chi connectivity index (χ1) is 23.7. The molecule has 4 heteroatoms. The van der Waals surface area contributed by atoms with Crippen molar-refractivity contribution < 1.29 is 0 Å². The second-order valence-electron chi connectivity index (χ2n) is 12.5. The third kappa shape index (κ3) is 4.16. The molecule has 0 aliphatic carbocycles. The molecule has 0 saturated carbocycles. The van der Waals surface area contributed by atoms with Crippen molar-refractivity contribution in [1.29, 1.82) is 0 Å². The number of nitrogens with zero attached hydrogens (tertiary/aromatic N) is 3. The van der Waals surface area contributed by atoms with E-state index in [0.717, 1.165) is 28.2 Å². The second kappa shape index (κ2) is 10.5. The molecule has 3 aromatic heterocycles. The molecule has 0 N–H and O–H groups in total. The molecule has 3 nitrogen and oxygen atoms in total. The highest BCUT2D eigenvalue weighted by molar-refractivity contribution is 7.25. The number of benzene rings is 7. The lowest BCUT2D eigenvalue weighted by molar-refractivity contribution is 1.00. The molecule has 7 aromatic carbocycles. The molecule has 10 aromatic rings. The van der Waals surface area contributed by atoms with Crippen LogP contribution in [0.15, 0.2) is 158 Å². The first-order valence-electron chi connectivity index (χ1n) is 16.3. The standard InChI is InChI=1S/C44H29N3S/c1-28-45-39-16-4-6-18-42(39)46(28)33-12-8-10-29(24-33)31-21-23-41-38(26-31)35-14-2-5-17-40(35)47(41)34-13-9-11-30(25-34)32-20-22-37-36-15-3-7-19-43(36)48-44(37)27-32/h2-27H,1H3. The van der Waals surface area contributed by atoms with Gasteiger partial charge >= 0.3 is 0 Å². The Labute approximate surface area is 281 Å². The van der Waals surface area contributed by atoms with E-state index in [1.807, 2.05) is 17.4 Å². The Morgan fingerprint density at radius 2 is 1.02 bits per heavy atom. The minimum atomic E-state index is 0.984. The van der Waals surface area contributed by atoms with Gasteiger partial charge in [-0.2, -0.15) is 0 Å². The highest BCUT2D eigenvalue weighted by Gasteiger charge is 2.15. The van der Waals surface area contributed by atoms with Gasteiger partial charge in [0.25, 0.3) is 0 Å². The van der Waals surface area contributed by atoms with Crippen molar-refractivity contribution in [1.82, 2.24) is 14.1 Å². The smallest absolute Gasteiger partial charge is 0.111 e. The number of aryl methyl sites for hydroxylation is 1. The van der Waals surface area contributed by atoms with Gasteiger partial charge in [-0.15, -0.1) is 11.3 Å². The molecule has 0 aliphatic heterocycles. The van der Waals surface area contributed by atoms with Crippen LogP contribution in [-0.4, -0.2) is 14.1 Å². The number of para-hydroxylation sites is 3. The fourth-order valence-corrected chi connectivity index (χ4v) is 8.60. The molecule has 3 heterocycles. The van der Waals surface area contributed by atoms with E-state index >= 15 is 0 Å². The van der Waals surface area contributed by atoms with E-state index in [1.165, 1.54) is 64.2 Å². The summed E-state index contributed by atoms with van der Waals surface area (Å²) in [5.41, 5.74) is 11.6. The third-order valence-corrected chi connectivity index (χ3v) is 10.8. The van der Waals surface area contributed by atoms with Crippen molar-refractivity contribution in [3.8, 4) is 33.6 Å². The van der Waals surface area contributed by atoms with Crippen molar-refractivity contribution in [2.75, 3.05) is 0 Å². The predicted octanol–water partition coefficient (Wildman–Crippen LogP) is 12.1. The Balaban J connectivity index is 1.09. The quantitative estimate of drug-likeness (QED) is 0.189. The van der Waals surface area contributed by atoms with Gasteiger partial charge in [0.1, 0.15) is 5.82 Å². The first-order valence-corrected chi connectivity index (χ1v) is 17.1. The summed E-state index contributed by atoms with van der Waals surface area (Å²) in [5.74, 6) is 0.984. The average molecular weight is 632 g/mol. The molecule has 0 amide bonds. The lowest BCUT2D eigenvalue weighted by atomic mass is 10.0. The molecule has 0 aliphatic rings. The number of thiophene rings is 1. The van der Waals surface area contributed by atoms with E-state index < -0.39 is 0 Å². The SMILES string of the molecule is Cc1nc2ccccc2n1-c1cccc(-c2ccc3c(c2)c2ccccc2n3-c2cccc(-c3ccc4c(c3)sc3ccccc34)c2)c1. The molecule has 10 rings (SSSR count). The first kappa shape index (κ1) is 27.2. The number of hydrogen-bond acceptors (Lipinski definition) is 2. The van der Waals surface area contributed by atoms with Crippen LogP contribution in [0.1, 0.15) is 5.82 Å². The van der Waals surface area contributed by atoms with Crippen molar-refractivity contribution in [2.45, 2.75) is 6.92 Å². The van der Waals surface area contributed by atoms with Gasteiger partial charge in [0.2, 0.25) is 0 Å². The molecule has 0 atom stereocenters. The molecular formula is C44H29N3S. The largest absolute Gasteiger partial charge is 0.309 e. The van der Waals surface area contributed by atoms with Crippen molar-refractivity contribution in [3.63, 3.8) is 0 Å². The molecule has 0 fully saturated rings. The highest BCUT2D eigenvalue weighted by Crippen LogP contribution is 2.39. The zero-order valence-electron chi connectivity index (χ0n) is 26.3. The molecular weight excluding hydrogens is 603 g/mol. The molecule has 0 bridgehead atoms. The van der Waals surface area contributed by atoms with E-state index in [9.17, 15) is 0 Å². The fraction of sp³-hybridized carbons (Fsp3) is 0.0227.